The van der Waals surface area contributed by atoms with Crippen molar-refractivity contribution >= 4 is 25.4 Å². The highest BCUT2D eigenvalue weighted by molar-refractivity contribution is 7.13. The number of carbonyl (C=O) groups is 1. The van der Waals surface area contributed by atoms with Gasteiger partial charge in [0.25, 0.3) is 0 Å². The second-order valence-electron chi connectivity index (χ2n) is 11.0. The van der Waals surface area contributed by atoms with Crippen LogP contribution in [0.25, 0.3) is 10.6 Å². The van der Waals surface area contributed by atoms with Crippen molar-refractivity contribution in [3.05, 3.63) is 28.8 Å². The van der Waals surface area contributed by atoms with Gasteiger partial charge in [-0.05, 0) is 73.8 Å². The quantitative estimate of drug-likeness (QED) is 0.198. The minimum atomic E-state index is -1.67. The van der Waals surface area contributed by atoms with E-state index in [1.165, 1.54) is 42.5 Å². The number of thiophene rings is 1. The molecule has 0 aromatic carbocycles. The summed E-state index contributed by atoms with van der Waals surface area (Å²) in [6.07, 6.45) is 9.70. The Bertz CT molecular complexity index is 888. The Kier molecular flexibility index (Phi) is 8.56. The number of ketones is 1. The van der Waals surface area contributed by atoms with E-state index in [1.807, 2.05) is 6.07 Å². The number of nitrogens with zero attached hydrogens (tertiary/aromatic N) is 2. The maximum atomic E-state index is 13.0. The zero-order chi connectivity index (χ0) is 23.4. The first-order valence-corrected chi connectivity index (χ1v) is 16.2. The third-order valence-corrected chi connectivity index (χ3v) is 12.9. The molecule has 178 valence electrons. The van der Waals surface area contributed by atoms with Gasteiger partial charge in [-0.15, -0.1) is 11.3 Å². The average Bonchev–Trinajstić information content (AvgIpc) is 3.36. The number of hydrogen-bond donors (Lipinski definition) is 0. The van der Waals surface area contributed by atoms with Gasteiger partial charge in [-0.1, -0.05) is 46.5 Å². The Hall–Kier alpha value is -1.24. The van der Waals surface area contributed by atoms with Gasteiger partial charge in [-0.2, -0.15) is 5.10 Å². The van der Waals surface area contributed by atoms with E-state index in [9.17, 15) is 4.79 Å². The Morgan fingerprint density at radius 2 is 1.88 bits per heavy atom. The molecular weight excluding hydrogens is 432 g/mol. The molecule has 4 nitrogen and oxygen atoms in total. The van der Waals surface area contributed by atoms with Gasteiger partial charge in [0.05, 0.1) is 16.6 Å². The lowest BCUT2D eigenvalue weighted by Crippen LogP contribution is -2.40. The van der Waals surface area contributed by atoms with E-state index in [0.717, 1.165) is 31.6 Å². The predicted octanol–water partition coefficient (Wildman–Crippen LogP) is 8.19. The lowest BCUT2D eigenvalue weighted by atomic mass is 9.95. The maximum Gasteiger partial charge on any atom is 0.191 e. The van der Waals surface area contributed by atoms with Crippen molar-refractivity contribution in [3.63, 3.8) is 0 Å². The lowest BCUT2D eigenvalue weighted by Gasteiger charge is -2.36. The van der Waals surface area contributed by atoms with Gasteiger partial charge in [0.15, 0.2) is 14.1 Å². The van der Waals surface area contributed by atoms with E-state index in [4.69, 9.17) is 9.52 Å². The van der Waals surface area contributed by atoms with Crippen LogP contribution in [0.2, 0.25) is 18.1 Å². The van der Waals surface area contributed by atoms with E-state index in [-0.39, 0.29) is 10.8 Å². The summed E-state index contributed by atoms with van der Waals surface area (Å²) in [6.45, 7) is 14.4. The molecule has 1 saturated carbocycles. The van der Waals surface area contributed by atoms with Gasteiger partial charge in [0.2, 0.25) is 0 Å². The Labute approximate surface area is 199 Å². The molecule has 1 aliphatic rings. The summed E-state index contributed by atoms with van der Waals surface area (Å²) in [4.78, 5) is 14.2. The maximum absolute atomic E-state index is 13.0. The number of Topliss-reactive ketones (excluding diaryl/α,β-unsaturated/α-hetero) is 1. The van der Waals surface area contributed by atoms with E-state index in [2.05, 4.69) is 56.9 Å². The number of unbranched alkanes of at least 4 members (excludes halogenated alkanes) is 2. The van der Waals surface area contributed by atoms with Gasteiger partial charge in [-0.25, -0.2) is 0 Å². The summed E-state index contributed by atoms with van der Waals surface area (Å²) in [5.41, 5.74) is 3.05. The van der Waals surface area contributed by atoms with E-state index in [0.29, 0.717) is 18.2 Å². The molecule has 32 heavy (non-hydrogen) atoms. The molecule has 1 aliphatic carbocycles. The second kappa shape index (κ2) is 10.8. The van der Waals surface area contributed by atoms with Gasteiger partial charge in [0, 0.05) is 13.0 Å². The van der Waals surface area contributed by atoms with Crippen LogP contribution in [0, 0.1) is 6.92 Å². The zero-order valence-electron chi connectivity index (χ0n) is 21.0. The molecule has 3 rings (SSSR count). The third kappa shape index (κ3) is 6.42. The van der Waals surface area contributed by atoms with Crippen LogP contribution in [0.15, 0.2) is 17.5 Å². The summed E-state index contributed by atoms with van der Waals surface area (Å²) in [6, 6.07) is 4.69. The number of aryl methyl sites for hydroxylation is 1. The molecule has 0 aliphatic heterocycles. The fraction of sp³-hybridized carbons (Fsp3) is 0.692. The van der Waals surface area contributed by atoms with Crippen LogP contribution in [0.1, 0.15) is 101 Å². The molecule has 0 atom stereocenters. The minimum absolute atomic E-state index is 0.180. The van der Waals surface area contributed by atoms with Crippen LogP contribution in [0.5, 0.6) is 0 Å². The van der Waals surface area contributed by atoms with Crippen molar-refractivity contribution < 1.29 is 9.22 Å². The molecule has 0 amide bonds. The Balaban J connectivity index is 1.56. The van der Waals surface area contributed by atoms with Crippen molar-refractivity contribution in [2.45, 2.75) is 110 Å². The molecule has 2 aromatic heterocycles. The SMILES string of the molecule is Cc1csc(-c2cc(C(=O)CCCCCO[Si](C)(C)C(C)(C)C)nn2C2CCCCC2)c1. The first kappa shape index (κ1) is 25.4. The fourth-order valence-electron chi connectivity index (χ4n) is 4.12. The van der Waals surface area contributed by atoms with E-state index in [1.54, 1.807) is 11.3 Å². The zero-order valence-corrected chi connectivity index (χ0v) is 22.8. The van der Waals surface area contributed by atoms with Gasteiger partial charge in [0.1, 0.15) is 5.69 Å². The van der Waals surface area contributed by atoms with Crippen molar-refractivity contribution in [2.24, 2.45) is 0 Å². The molecule has 0 spiro atoms. The van der Waals surface area contributed by atoms with Crippen LogP contribution in [0.4, 0.5) is 0 Å². The second-order valence-corrected chi connectivity index (χ2v) is 16.7. The van der Waals surface area contributed by atoms with Crippen LogP contribution >= 0.6 is 11.3 Å². The number of hydrogen-bond acceptors (Lipinski definition) is 4. The summed E-state index contributed by atoms with van der Waals surface area (Å²) < 4.78 is 8.43. The molecule has 0 unspecified atom stereocenters. The molecular formula is C26H42N2O2SSi. The standard InChI is InChI=1S/C26H42N2O2SSi/c1-20-17-25(31-19-20)23-18-22(27-28(23)21-13-9-7-10-14-21)24(29)15-11-8-12-16-30-32(5,6)26(2,3)4/h17-19,21H,7-16H2,1-6H3. The molecule has 0 radical (unpaired) electrons. The summed E-state index contributed by atoms with van der Waals surface area (Å²) >= 11 is 1.75. The van der Waals surface area contributed by atoms with Crippen molar-refractivity contribution in [1.82, 2.24) is 9.78 Å². The van der Waals surface area contributed by atoms with Crippen molar-refractivity contribution in [3.8, 4) is 10.6 Å². The highest BCUT2D eigenvalue weighted by Gasteiger charge is 2.36. The molecule has 6 heteroatoms. The molecule has 2 aromatic rings. The van der Waals surface area contributed by atoms with Crippen molar-refractivity contribution in [1.29, 1.82) is 0 Å². The van der Waals surface area contributed by atoms with Crippen LogP contribution in [-0.4, -0.2) is 30.5 Å². The summed E-state index contributed by atoms with van der Waals surface area (Å²) in [7, 11) is -1.67. The topological polar surface area (TPSA) is 44.1 Å². The Morgan fingerprint density at radius 1 is 1.16 bits per heavy atom. The third-order valence-electron chi connectivity index (χ3n) is 7.24. The fourth-order valence-corrected chi connectivity index (χ4v) is 6.12. The molecule has 1 fully saturated rings. The molecule has 2 heterocycles. The molecule has 0 saturated heterocycles. The monoisotopic (exact) mass is 474 g/mol. The lowest BCUT2D eigenvalue weighted by molar-refractivity contribution is 0.0972. The molecule has 0 N–H and O–H groups in total. The van der Waals surface area contributed by atoms with Gasteiger partial charge >= 0.3 is 0 Å². The van der Waals surface area contributed by atoms with E-state index >= 15 is 0 Å². The van der Waals surface area contributed by atoms with Crippen LogP contribution in [-0.2, 0) is 4.43 Å². The number of aromatic nitrogens is 2. The number of carbonyl (C=O) groups excluding carboxylic acids is 1. The first-order chi connectivity index (χ1) is 15.1. The summed E-state index contributed by atoms with van der Waals surface area (Å²) in [5.74, 6) is 0.180. The van der Waals surface area contributed by atoms with Gasteiger partial charge < -0.3 is 4.43 Å². The normalized spacial score (nSPS) is 15.9. The van der Waals surface area contributed by atoms with Crippen LogP contribution in [0.3, 0.4) is 0 Å². The largest absolute Gasteiger partial charge is 0.417 e. The smallest absolute Gasteiger partial charge is 0.191 e. The van der Waals surface area contributed by atoms with E-state index < -0.39 is 8.32 Å². The highest BCUT2D eigenvalue weighted by Crippen LogP contribution is 2.37. The number of rotatable bonds is 10. The highest BCUT2D eigenvalue weighted by atomic mass is 32.1. The Morgan fingerprint density at radius 3 is 2.50 bits per heavy atom. The predicted molar refractivity (Wildman–Crippen MR) is 138 cm³/mol. The molecule has 0 bridgehead atoms. The van der Waals surface area contributed by atoms with Gasteiger partial charge in [-0.3, -0.25) is 9.48 Å². The van der Waals surface area contributed by atoms with Crippen LogP contribution < -0.4 is 0 Å². The first-order valence-electron chi connectivity index (χ1n) is 12.4. The average molecular weight is 475 g/mol. The van der Waals surface area contributed by atoms with Crippen molar-refractivity contribution in [2.75, 3.05) is 6.61 Å². The summed E-state index contributed by atoms with van der Waals surface area (Å²) in [5, 5.41) is 7.28. The minimum Gasteiger partial charge on any atom is -0.417 e.